The monoisotopic (exact) mass is 265 g/mol. The number of hydrogen-bond donors (Lipinski definition) is 1. The van der Waals surface area contributed by atoms with Crippen LogP contribution < -0.4 is 14.8 Å². The molecule has 19 heavy (non-hydrogen) atoms. The highest BCUT2D eigenvalue weighted by Crippen LogP contribution is 2.26. The van der Waals surface area contributed by atoms with Gasteiger partial charge in [-0.05, 0) is 43.9 Å². The van der Waals surface area contributed by atoms with Crippen LogP contribution >= 0.6 is 0 Å². The van der Waals surface area contributed by atoms with Crippen LogP contribution in [0.25, 0.3) is 0 Å². The van der Waals surface area contributed by atoms with Gasteiger partial charge in [0.2, 0.25) is 0 Å². The summed E-state index contributed by atoms with van der Waals surface area (Å²) in [6.45, 7) is 5.53. The average molecular weight is 265 g/mol. The van der Waals surface area contributed by atoms with E-state index in [0.717, 1.165) is 30.9 Å². The van der Waals surface area contributed by atoms with Gasteiger partial charge in [0.1, 0.15) is 11.5 Å². The summed E-state index contributed by atoms with van der Waals surface area (Å²) >= 11 is 0. The van der Waals surface area contributed by atoms with E-state index < -0.39 is 0 Å². The van der Waals surface area contributed by atoms with E-state index in [1.165, 1.54) is 18.4 Å². The Hall–Kier alpha value is -1.22. The number of aryl methyl sites for hydroxylation is 1. The molecule has 0 aromatic heterocycles. The van der Waals surface area contributed by atoms with Crippen LogP contribution in [0.15, 0.2) is 18.2 Å². The maximum Gasteiger partial charge on any atom is 0.125 e. The Morgan fingerprint density at radius 3 is 2.53 bits per heavy atom. The molecule has 0 bridgehead atoms. The summed E-state index contributed by atoms with van der Waals surface area (Å²) in [5, 5.41) is 3.58. The van der Waals surface area contributed by atoms with Crippen LogP contribution in [0.2, 0.25) is 0 Å². The summed E-state index contributed by atoms with van der Waals surface area (Å²) in [6, 6.07) is 6.64. The number of benzene rings is 1. The predicted octanol–water partition coefficient (Wildman–Crippen LogP) is 3.41. The molecule has 0 saturated heterocycles. The number of nitrogens with one attached hydrogen (secondary N) is 1. The summed E-state index contributed by atoms with van der Waals surface area (Å²) in [5.41, 5.74) is 1.25. The molecule has 1 aromatic carbocycles. The van der Waals surface area contributed by atoms with Crippen molar-refractivity contribution in [3.8, 4) is 11.5 Å². The van der Waals surface area contributed by atoms with Crippen molar-refractivity contribution in [2.45, 2.75) is 45.6 Å². The maximum atomic E-state index is 5.43. The molecule has 0 fully saturated rings. The molecule has 0 heterocycles. The molecule has 0 saturated carbocycles. The number of ether oxygens (including phenoxy) is 2. The van der Waals surface area contributed by atoms with E-state index >= 15 is 0 Å². The third-order valence-corrected chi connectivity index (χ3v) is 3.43. The normalized spacial score (nSPS) is 12.2. The predicted molar refractivity (Wildman–Crippen MR) is 80.2 cm³/mol. The zero-order valence-corrected chi connectivity index (χ0v) is 12.7. The standard InChI is InChI=1S/C16H27NO2/c1-5-11-17-14(6-2)9-7-13-8-10-15(18-3)12-16(13)19-4/h8,10,12,14,17H,5-7,9,11H2,1-4H3. The summed E-state index contributed by atoms with van der Waals surface area (Å²) < 4.78 is 10.7. The fourth-order valence-corrected chi connectivity index (χ4v) is 2.19. The van der Waals surface area contributed by atoms with Crippen LogP contribution in [0.3, 0.4) is 0 Å². The SMILES string of the molecule is CCCNC(CC)CCc1ccc(OC)cc1OC. The summed E-state index contributed by atoms with van der Waals surface area (Å²) in [6.07, 6.45) is 4.52. The zero-order valence-electron chi connectivity index (χ0n) is 12.7. The number of rotatable bonds is 9. The molecule has 0 spiro atoms. The Labute approximate surface area is 117 Å². The highest BCUT2D eigenvalue weighted by atomic mass is 16.5. The molecule has 1 atom stereocenters. The minimum Gasteiger partial charge on any atom is -0.497 e. The minimum atomic E-state index is 0.590. The molecular formula is C16H27NO2. The van der Waals surface area contributed by atoms with Crippen LogP contribution in [-0.2, 0) is 6.42 Å². The van der Waals surface area contributed by atoms with Gasteiger partial charge in [-0.25, -0.2) is 0 Å². The molecule has 3 nitrogen and oxygen atoms in total. The largest absolute Gasteiger partial charge is 0.497 e. The van der Waals surface area contributed by atoms with Crippen molar-refractivity contribution in [2.24, 2.45) is 0 Å². The minimum absolute atomic E-state index is 0.590. The van der Waals surface area contributed by atoms with Crippen molar-refractivity contribution in [1.82, 2.24) is 5.32 Å². The lowest BCUT2D eigenvalue weighted by molar-refractivity contribution is 0.388. The molecule has 1 aromatic rings. The summed E-state index contributed by atoms with van der Waals surface area (Å²) in [4.78, 5) is 0. The van der Waals surface area contributed by atoms with Crippen molar-refractivity contribution in [2.75, 3.05) is 20.8 Å². The van der Waals surface area contributed by atoms with Crippen LogP contribution in [-0.4, -0.2) is 26.8 Å². The second kappa shape index (κ2) is 8.81. The third-order valence-electron chi connectivity index (χ3n) is 3.43. The lowest BCUT2D eigenvalue weighted by Gasteiger charge is -2.17. The second-order valence-corrected chi connectivity index (χ2v) is 4.78. The fraction of sp³-hybridized carbons (Fsp3) is 0.625. The van der Waals surface area contributed by atoms with Crippen molar-refractivity contribution in [1.29, 1.82) is 0 Å². The lowest BCUT2D eigenvalue weighted by atomic mass is 10.0. The molecule has 108 valence electrons. The fourth-order valence-electron chi connectivity index (χ4n) is 2.19. The second-order valence-electron chi connectivity index (χ2n) is 4.78. The molecule has 1 unspecified atom stereocenters. The van der Waals surface area contributed by atoms with Gasteiger partial charge in [-0.3, -0.25) is 0 Å². The van der Waals surface area contributed by atoms with Gasteiger partial charge < -0.3 is 14.8 Å². The number of methoxy groups -OCH3 is 2. The van der Waals surface area contributed by atoms with Gasteiger partial charge in [-0.2, -0.15) is 0 Å². The van der Waals surface area contributed by atoms with Crippen molar-refractivity contribution in [3.63, 3.8) is 0 Å². The van der Waals surface area contributed by atoms with Crippen molar-refractivity contribution >= 4 is 0 Å². The molecule has 1 rings (SSSR count). The maximum absolute atomic E-state index is 5.43. The van der Waals surface area contributed by atoms with Crippen molar-refractivity contribution < 1.29 is 9.47 Å². The first-order valence-corrected chi connectivity index (χ1v) is 7.19. The van der Waals surface area contributed by atoms with Crippen LogP contribution in [0.5, 0.6) is 11.5 Å². The van der Waals surface area contributed by atoms with E-state index in [1.54, 1.807) is 14.2 Å². The van der Waals surface area contributed by atoms with Gasteiger partial charge in [-0.1, -0.05) is 19.9 Å². The molecule has 0 aliphatic carbocycles. The smallest absolute Gasteiger partial charge is 0.125 e. The topological polar surface area (TPSA) is 30.5 Å². The molecule has 0 aliphatic heterocycles. The van der Waals surface area contributed by atoms with Gasteiger partial charge in [0, 0.05) is 12.1 Å². The first-order chi connectivity index (χ1) is 9.24. The van der Waals surface area contributed by atoms with Crippen LogP contribution in [0, 0.1) is 0 Å². The van der Waals surface area contributed by atoms with Crippen LogP contribution in [0.1, 0.15) is 38.7 Å². The molecule has 0 aliphatic rings. The first-order valence-electron chi connectivity index (χ1n) is 7.19. The Bertz CT molecular complexity index is 366. The third kappa shape index (κ3) is 5.11. The lowest BCUT2D eigenvalue weighted by Crippen LogP contribution is -2.29. The van der Waals surface area contributed by atoms with E-state index in [-0.39, 0.29) is 0 Å². The van der Waals surface area contributed by atoms with Gasteiger partial charge in [0.05, 0.1) is 14.2 Å². The van der Waals surface area contributed by atoms with E-state index in [1.807, 2.05) is 12.1 Å². The molecule has 0 amide bonds. The highest BCUT2D eigenvalue weighted by Gasteiger charge is 2.09. The zero-order chi connectivity index (χ0) is 14.1. The van der Waals surface area contributed by atoms with Gasteiger partial charge in [0.15, 0.2) is 0 Å². The summed E-state index contributed by atoms with van der Waals surface area (Å²) in [5.74, 6) is 1.77. The first kappa shape index (κ1) is 15.8. The van der Waals surface area contributed by atoms with Crippen molar-refractivity contribution in [3.05, 3.63) is 23.8 Å². The Morgan fingerprint density at radius 1 is 1.16 bits per heavy atom. The van der Waals surface area contributed by atoms with Crippen LogP contribution in [0.4, 0.5) is 0 Å². The Balaban J connectivity index is 2.60. The van der Waals surface area contributed by atoms with E-state index in [0.29, 0.717) is 6.04 Å². The van der Waals surface area contributed by atoms with E-state index in [4.69, 9.17) is 9.47 Å². The summed E-state index contributed by atoms with van der Waals surface area (Å²) in [7, 11) is 3.39. The molecule has 0 radical (unpaired) electrons. The van der Waals surface area contributed by atoms with E-state index in [2.05, 4.69) is 25.2 Å². The van der Waals surface area contributed by atoms with E-state index in [9.17, 15) is 0 Å². The van der Waals surface area contributed by atoms with Gasteiger partial charge >= 0.3 is 0 Å². The van der Waals surface area contributed by atoms with Gasteiger partial charge in [-0.15, -0.1) is 0 Å². The molecule has 3 heteroatoms. The molecular weight excluding hydrogens is 238 g/mol. The molecule has 1 N–H and O–H groups in total. The average Bonchev–Trinajstić information content (AvgIpc) is 2.47. The Kier molecular flexibility index (Phi) is 7.34. The quantitative estimate of drug-likeness (QED) is 0.742. The highest BCUT2D eigenvalue weighted by molar-refractivity contribution is 5.40. The van der Waals surface area contributed by atoms with Gasteiger partial charge in [0.25, 0.3) is 0 Å². The number of hydrogen-bond acceptors (Lipinski definition) is 3. The Morgan fingerprint density at radius 2 is 1.95 bits per heavy atom.